The van der Waals surface area contributed by atoms with Gasteiger partial charge >= 0.3 is 0 Å². The average molecular weight is 384 g/mol. The summed E-state index contributed by atoms with van der Waals surface area (Å²) in [6.07, 6.45) is 1.66. The SMILES string of the molecule is CCc1nc2c(N)nc3ccccc3c2n1CCCNC(=N)N.Cl.Cl. The number of para-hydroxylation sites is 1. The van der Waals surface area contributed by atoms with Crippen LogP contribution in [0.1, 0.15) is 19.2 Å². The van der Waals surface area contributed by atoms with Gasteiger partial charge in [0.15, 0.2) is 11.8 Å². The highest BCUT2D eigenvalue weighted by Crippen LogP contribution is 2.29. The summed E-state index contributed by atoms with van der Waals surface area (Å²) < 4.78 is 2.21. The van der Waals surface area contributed by atoms with E-state index in [2.05, 4.69) is 32.8 Å². The summed E-state index contributed by atoms with van der Waals surface area (Å²) in [6, 6.07) is 7.97. The molecule has 0 aliphatic carbocycles. The summed E-state index contributed by atoms with van der Waals surface area (Å²) in [5.74, 6) is 1.46. The molecule has 0 bridgehead atoms. The number of hydrogen-bond acceptors (Lipinski definition) is 4. The van der Waals surface area contributed by atoms with E-state index in [9.17, 15) is 0 Å². The van der Waals surface area contributed by atoms with Gasteiger partial charge in [-0.3, -0.25) is 5.41 Å². The maximum absolute atomic E-state index is 7.22. The topological polar surface area (TPSA) is 119 Å². The normalized spacial score (nSPS) is 10.3. The van der Waals surface area contributed by atoms with Gasteiger partial charge in [-0.15, -0.1) is 24.8 Å². The van der Waals surface area contributed by atoms with Gasteiger partial charge in [0.25, 0.3) is 0 Å². The Morgan fingerprint density at radius 3 is 2.64 bits per heavy atom. The molecule has 0 aliphatic rings. The second kappa shape index (κ2) is 8.73. The van der Waals surface area contributed by atoms with Crippen LogP contribution in [0.5, 0.6) is 0 Å². The van der Waals surface area contributed by atoms with E-state index < -0.39 is 0 Å². The minimum Gasteiger partial charge on any atom is -0.382 e. The molecule has 0 saturated carbocycles. The summed E-state index contributed by atoms with van der Waals surface area (Å²) >= 11 is 0. The number of nitrogens with two attached hydrogens (primary N) is 2. The Hall–Kier alpha value is -2.25. The number of benzene rings is 1. The predicted molar refractivity (Wildman–Crippen MR) is 108 cm³/mol. The van der Waals surface area contributed by atoms with Gasteiger partial charge in [-0.2, -0.15) is 0 Å². The molecule has 0 atom stereocenters. The number of nitrogens with zero attached hydrogens (tertiary/aromatic N) is 3. The highest BCUT2D eigenvalue weighted by molar-refractivity contribution is 6.06. The van der Waals surface area contributed by atoms with Crippen molar-refractivity contribution in [2.45, 2.75) is 26.3 Å². The van der Waals surface area contributed by atoms with Crippen LogP contribution < -0.4 is 16.8 Å². The molecule has 2 heterocycles. The number of hydrogen-bond donors (Lipinski definition) is 4. The van der Waals surface area contributed by atoms with Gasteiger partial charge in [0.05, 0.1) is 11.0 Å². The number of pyridine rings is 1. The van der Waals surface area contributed by atoms with Crippen LogP contribution in [0, 0.1) is 5.41 Å². The molecule has 0 amide bonds. The van der Waals surface area contributed by atoms with Gasteiger partial charge in [0, 0.05) is 24.9 Å². The molecule has 2 aromatic heterocycles. The number of nitrogen functional groups attached to an aromatic ring is 1. The van der Waals surface area contributed by atoms with Crippen molar-refractivity contribution < 1.29 is 0 Å². The molecular weight excluding hydrogens is 361 g/mol. The lowest BCUT2D eigenvalue weighted by atomic mass is 10.2. The highest BCUT2D eigenvalue weighted by Gasteiger charge is 2.15. The molecule has 136 valence electrons. The average Bonchev–Trinajstić information content (AvgIpc) is 2.91. The molecule has 6 N–H and O–H groups in total. The number of aromatic nitrogens is 3. The summed E-state index contributed by atoms with van der Waals surface area (Å²) in [4.78, 5) is 9.14. The van der Waals surface area contributed by atoms with Gasteiger partial charge in [-0.25, -0.2) is 9.97 Å². The molecule has 9 heteroatoms. The van der Waals surface area contributed by atoms with Crippen LogP contribution in [-0.4, -0.2) is 27.0 Å². The van der Waals surface area contributed by atoms with E-state index in [-0.39, 0.29) is 30.8 Å². The van der Waals surface area contributed by atoms with E-state index in [1.54, 1.807) is 0 Å². The number of fused-ring (bicyclic) bond motifs is 3. The quantitative estimate of drug-likeness (QED) is 0.306. The Kier molecular flexibility index (Phi) is 7.26. The molecule has 3 aromatic rings. The lowest BCUT2D eigenvalue weighted by molar-refractivity contribution is 0.619. The Morgan fingerprint density at radius 1 is 1.24 bits per heavy atom. The molecule has 0 fully saturated rings. The van der Waals surface area contributed by atoms with Crippen molar-refractivity contribution in [2.75, 3.05) is 12.3 Å². The molecule has 0 spiro atoms. The van der Waals surface area contributed by atoms with E-state index >= 15 is 0 Å². The summed E-state index contributed by atoms with van der Waals surface area (Å²) in [7, 11) is 0. The fourth-order valence-corrected chi connectivity index (χ4v) is 2.88. The zero-order valence-electron chi connectivity index (χ0n) is 14.0. The number of aryl methyl sites for hydroxylation is 2. The molecule has 1 aromatic carbocycles. The smallest absolute Gasteiger partial charge is 0.185 e. The monoisotopic (exact) mass is 383 g/mol. The first-order chi connectivity index (χ1) is 11.1. The molecule has 0 unspecified atom stereocenters. The fourth-order valence-electron chi connectivity index (χ4n) is 2.88. The van der Waals surface area contributed by atoms with Gasteiger partial charge in [-0.05, 0) is 12.5 Å². The molecule has 3 rings (SSSR count). The van der Waals surface area contributed by atoms with Crippen LogP contribution in [0.2, 0.25) is 0 Å². The second-order valence-corrected chi connectivity index (χ2v) is 5.44. The molecule has 0 saturated heterocycles. The van der Waals surface area contributed by atoms with Crippen molar-refractivity contribution in [2.24, 2.45) is 5.73 Å². The largest absolute Gasteiger partial charge is 0.382 e. The molecular formula is C16H23Cl2N7. The maximum Gasteiger partial charge on any atom is 0.185 e. The van der Waals surface area contributed by atoms with Crippen LogP contribution in [0.4, 0.5) is 5.82 Å². The first-order valence-electron chi connectivity index (χ1n) is 7.73. The van der Waals surface area contributed by atoms with Crippen molar-refractivity contribution in [3.05, 3.63) is 30.1 Å². The van der Waals surface area contributed by atoms with Crippen LogP contribution in [0.3, 0.4) is 0 Å². The Morgan fingerprint density at radius 2 is 1.96 bits per heavy atom. The summed E-state index contributed by atoms with van der Waals surface area (Å²) in [6.45, 7) is 3.52. The lowest BCUT2D eigenvalue weighted by Crippen LogP contribution is -2.31. The van der Waals surface area contributed by atoms with Gasteiger partial charge in [-0.1, -0.05) is 25.1 Å². The van der Waals surface area contributed by atoms with Gasteiger partial charge in [0.2, 0.25) is 0 Å². The minimum atomic E-state index is -0.00454. The molecule has 0 radical (unpaired) electrons. The fraction of sp³-hybridized carbons (Fsp3) is 0.312. The van der Waals surface area contributed by atoms with E-state index in [0.717, 1.165) is 47.1 Å². The predicted octanol–water partition coefficient (Wildman–Crippen LogP) is 2.45. The van der Waals surface area contributed by atoms with Crippen molar-refractivity contribution in [1.29, 1.82) is 5.41 Å². The zero-order chi connectivity index (χ0) is 16.4. The maximum atomic E-state index is 7.22. The number of anilines is 1. The summed E-state index contributed by atoms with van der Waals surface area (Å²) in [5.41, 5.74) is 14.1. The third kappa shape index (κ3) is 4.05. The third-order valence-corrected chi connectivity index (χ3v) is 3.88. The van der Waals surface area contributed by atoms with Crippen molar-refractivity contribution in [3.8, 4) is 0 Å². The Bertz CT molecular complexity index is 876. The van der Waals surface area contributed by atoms with Crippen molar-refractivity contribution >= 4 is 58.5 Å². The van der Waals surface area contributed by atoms with Crippen LogP contribution in [-0.2, 0) is 13.0 Å². The molecule has 25 heavy (non-hydrogen) atoms. The zero-order valence-corrected chi connectivity index (χ0v) is 15.6. The van der Waals surface area contributed by atoms with Crippen LogP contribution in [0.15, 0.2) is 24.3 Å². The molecule has 0 aliphatic heterocycles. The number of halogens is 2. The number of rotatable bonds is 5. The Labute approximate surface area is 158 Å². The van der Waals surface area contributed by atoms with Crippen molar-refractivity contribution in [3.63, 3.8) is 0 Å². The van der Waals surface area contributed by atoms with E-state index in [4.69, 9.17) is 16.9 Å². The van der Waals surface area contributed by atoms with Crippen LogP contribution >= 0.6 is 24.8 Å². The van der Waals surface area contributed by atoms with Crippen molar-refractivity contribution in [1.82, 2.24) is 19.9 Å². The van der Waals surface area contributed by atoms with E-state index in [0.29, 0.717) is 12.4 Å². The van der Waals surface area contributed by atoms with E-state index in [1.165, 1.54) is 0 Å². The van der Waals surface area contributed by atoms with Gasteiger partial charge < -0.3 is 21.4 Å². The first kappa shape index (κ1) is 20.8. The highest BCUT2D eigenvalue weighted by atomic mass is 35.5. The second-order valence-electron chi connectivity index (χ2n) is 5.44. The summed E-state index contributed by atoms with van der Waals surface area (Å²) in [5, 5.41) is 11.1. The van der Waals surface area contributed by atoms with E-state index in [1.807, 2.05) is 18.2 Å². The lowest BCUT2D eigenvalue weighted by Gasteiger charge is -2.10. The third-order valence-electron chi connectivity index (χ3n) is 3.88. The minimum absolute atomic E-state index is 0. The number of nitrogens with one attached hydrogen (secondary N) is 2. The Balaban J connectivity index is 0.00000156. The van der Waals surface area contributed by atoms with Gasteiger partial charge in [0.1, 0.15) is 11.3 Å². The van der Waals surface area contributed by atoms with Crippen LogP contribution in [0.25, 0.3) is 21.9 Å². The number of imidazole rings is 1. The molecule has 7 nitrogen and oxygen atoms in total. The first-order valence-corrected chi connectivity index (χ1v) is 7.73. The standard InChI is InChI=1S/C16H21N7.2ClH/c1-2-12-22-13-14(23(12)9-5-8-20-16(18)19)10-6-3-4-7-11(10)21-15(13)17;;/h3-4,6-7H,2,5,8-9H2,1H3,(H2,17,21)(H4,18,19,20);2*1H. The number of guanidine groups is 1.